The number of amides is 3. The van der Waals surface area contributed by atoms with Gasteiger partial charge in [0.15, 0.2) is 18.1 Å². The summed E-state index contributed by atoms with van der Waals surface area (Å²) >= 11 is 0. The van der Waals surface area contributed by atoms with E-state index in [-0.39, 0.29) is 18.3 Å². The number of carbonyl (C=O) groups is 3. The average Bonchev–Trinajstić information content (AvgIpc) is 3.07. The first-order valence-corrected chi connectivity index (χ1v) is 9.17. The zero-order valence-electron chi connectivity index (χ0n) is 16.3. The number of aryl methyl sites for hydroxylation is 1. The first-order valence-electron chi connectivity index (χ1n) is 9.17. The Kier molecular flexibility index (Phi) is 6.01. The van der Waals surface area contributed by atoms with Gasteiger partial charge in [-0.2, -0.15) is 0 Å². The van der Waals surface area contributed by atoms with Crippen LogP contribution in [0.1, 0.15) is 22.3 Å². The molecule has 1 unspecified atom stereocenters. The highest BCUT2D eigenvalue weighted by molar-refractivity contribution is 6.04. The predicted octanol–water partition coefficient (Wildman–Crippen LogP) is 1.40. The third-order valence-corrected chi connectivity index (χ3v) is 4.65. The fourth-order valence-corrected chi connectivity index (χ4v) is 3.11. The zero-order chi connectivity index (χ0) is 21.0. The van der Waals surface area contributed by atoms with Crippen LogP contribution in [0.4, 0.5) is 5.69 Å². The molecular weight excluding hydrogens is 374 g/mol. The van der Waals surface area contributed by atoms with E-state index in [0.29, 0.717) is 24.3 Å². The van der Waals surface area contributed by atoms with Gasteiger partial charge < -0.3 is 25.4 Å². The number of hydrogen-bond donors (Lipinski definition) is 2. The Hall–Kier alpha value is -3.55. The minimum atomic E-state index is -0.619. The molecule has 0 saturated carbocycles. The van der Waals surface area contributed by atoms with E-state index in [9.17, 15) is 14.4 Å². The van der Waals surface area contributed by atoms with Gasteiger partial charge >= 0.3 is 0 Å². The van der Waals surface area contributed by atoms with E-state index in [0.717, 1.165) is 11.3 Å². The van der Waals surface area contributed by atoms with Crippen molar-refractivity contribution in [3.8, 4) is 11.5 Å². The van der Waals surface area contributed by atoms with Crippen molar-refractivity contribution in [3.05, 3.63) is 53.6 Å². The second-order valence-corrected chi connectivity index (χ2v) is 6.76. The standard InChI is InChI=1S/C21H23N3O5/c1-13-3-6-15(7-4-13)24-10-9-16(21(24)27)23-20(26)14-5-8-17(18(11-14)28-2)29-12-19(22)25/h3-8,11,16H,9-10,12H2,1-2H3,(H2,22,25)(H,23,26). The van der Waals surface area contributed by atoms with Crippen molar-refractivity contribution in [1.82, 2.24) is 5.32 Å². The highest BCUT2D eigenvalue weighted by Gasteiger charge is 2.33. The number of carbonyl (C=O) groups excluding carboxylic acids is 3. The van der Waals surface area contributed by atoms with Gasteiger partial charge in [0.2, 0.25) is 5.91 Å². The predicted molar refractivity (Wildman–Crippen MR) is 107 cm³/mol. The largest absolute Gasteiger partial charge is 0.493 e. The van der Waals surface area contributed by atoms with Crippen molar-refractivity contribution in [2.45, 2.75) is 19.4 Å². The smallest absolute Gasteiger partial charge is 0.255 e. The molecule has 3 amide bonds. The number of nitrogens with zero attached hydrogens (tertiary/aromatic N) is 1. The number of hydrogen-bond acceptors (Lipinski definition) is 5. The lowest BCUT2D eigenvalue weighted by Gasteiger charge is -2.18. The zero-order valence-corrected chi connectivity index (χ0v) is 16.3. The molecule has 0 aromatic heterocycles. The molecule has 152 valence electrons. The quantitative estimate of drug-likeness (QED) is 0.734. The number of anilines is 1. The van der Waals surface area contributed by atoms with E-state index in [1.54, 1.807) is 4.90 Å². The van der Waals surface area contributed by atoms with Crippen molar-refractivity contribution in [2.75, 3.05) is 25.2 Å². The van der Waals surface area contributed by atoms with E-state index in [1.807, 2.05) is 31.2 Å². The summed E-state index contributed by atoms with van der Waals surface area (Å²) in [5.41, 5.74) is 7.31. The molecule has 8 heteroatoms. The maximum Gasteiger partial charge on any atom is 0.255 e. The number of benzene rings is 2. The van der Waals surface area contributed by atoms with Crippen LogP contribution in [-0.2, 0) is 9.59 Å². The van der Waals surface area contributed by atoms with Crippen molar-refractivity contribution >= 4 is 23.4 Å². The summed E-state index contributed by atoms with van der Waals surface area (Å²) in [6, 6.07) is 11.6. The second-order valence-electron chi connectivity index (χ2n) is 6.76. The summed E-state index contributed by atoms with van der Waals surface area (Å²) in [4.78, 5) is 37.9. The van der Waals surface area contributed by atoms with Gasteiger partial charge in [-0.1, -0.05) is 17.7 Å². The number of nitrogens with two attached hydrogens (primary N) is 1. The first kappa shape index (κ1) is 20.2. The minimum Gasteiger partial charge on any atom is -0.493 e. The van der Waals surface area contributed by atoms with E-state index in [1.165, 1.54) is 25.3 Å². The SMILES string of the molecule is COc1cc(C(=O)NC2CCN(c3ccc(C)cc3)C2=O)ccc1OCC(N)=O. The van der Waals surface area contributed by atoms with Crippen molar-refractivity contribution in [2.24, 2.45) is 5.73 Å². The lowest BCUT2D eigenvalue weighted by Crippen LogP contribution is -2.41. The van der Waals surface area contributed by atoms with Crippen LogP contribution in [0, 0.1) is 6.92 Å². The normalized spacial score (nSPS) is 15.9. The lowest BCUT2D eigenvalue weighted by molar-refractivity contribution is -0.120. The summed E-state index contributed by atoms with van der Waals surface area (Å²) in [6.07, 6.45) is 0.523. The van der Waals surface area contributed by atoms with Crippen molar-refractivity contribution in [1.29, 1.82) is 0 Å². The molecule has 1 saturated heterocycles. The second kappa shape index (κ2) is 8.64. The topological polar surface area (TPSA) is 111 Å². The van der Waals surface area contributed by atoms with Gasteiger partial charge in [0.1, 0.15) is 6.04 Å². The molecule has 1 aliphatic heterocycles. The van der Waals surface area contributed by atoms with Gasteiger partial charge in [-0.05, 0) is 43.7 Å². The Morgan fingerprint density at radius 3 is 2.55 bits per heavy atom. The Morgan fingerprint density at radius 2 is 1.90 bits per heavy atom. The van der Waals surface area contributed by atoms with Crippen LogP contribution >= 0.6 is 0 Å². The monoisotopic (exact) mass is 397 g/mol. The fourth-order valence-electron chi connectivity index (χ4n) is 3.11. The van der Waals surface area contributed by atoms with Crippen LogP contribution in [0.25, 0.3) is 0 Å². The van der Waals surface area contributed by atoms with Crippen LogP contribution in [-0.4, -0.2) is 44.0 Å². The fraction of sp³-hybridized carbons (Fsp3) is 0.286. The number of primary amides is 1. The van der Waals surface area contributed by atoms with Gasteiger partial charge in [-0.15, -0.1) is 0 Å². The molecule has 1 atom stereocenters. The number of ether oxygens (including phenoxy) is 2. The Bertz CT molecular complexity index is 926. The van der Waals surface area contributed by atoms with E-state index < -0.39 is 17.9 Å². The molecular formula is C21H23N3O5. The summed E-state index contributed by atoms with van der Waals surface area (Å²) in [7, 11) is 1.42. The number of nitrogens with one attached hydrogen (secondary N) is 1. The van der Waals surface area contributed by atoms with E-state index in [2.05, 4.69) is 5.32 Å². The van der Waals surface area contributed by atoms with E-state index in [4.69, 9.17) is 15.2 Å². The van der Waals surface area contributed by atoms with Gasteiger partial charge in [0, 0.05) is 17.8 Å². The van der Waals surface area contributed by atoms with Gasteiger partial charge in [-0.25, -0.2) is 0 Å². The van der Waals surface area contributed by atoms with Gasteiger partial charge in [0.05, 0.1) is 7.11 Å². The third kappa shape index (κ3) is 4.66. The molecule has 0 spiro atoms. The number of rotatable bonds is 7. The van der Waals surface area contributed by atoms with E-state index >= 15 is 0 Å². The van der Waals surface area contributed by atoms with Crippen molar-refractivity contribution < 1.29 is 23.9 Å². The molecule has 0 bridgehead atoms. The summed E-state index contributed by atoms with van der Waals surface area (Å²) in [5.74, 6) is -0.570. The van der Waals surface area contributed by atoms with Crippen molar-refractivity contribution in [3.63, 3.8) is 0 Å². The molecule has 1 heterocycles. The molecule has 2 aromatic carbocycles. The third-order valence-electron chi connectivity index (χ3n) is 4.65. The lowest BCUT2D eigenvalue weighted by atomic mass is 10.1. The molecule has 29 heavy (non-hydrogen) atoms. The Labute approximate surface area is 168 Å². The summed E-state index contributed by atoms with van der Waals surface area (Å²) in [6.45, 7) is 2.22. The van der Waals surface area contributed by atoms with Gasteiger partial charge in [0.25, 0.3) is 11.8 Å². The molecule has 2 aromatic rings. The average molecular weight is 397 g/mol. The Balaban J connectivity index is 1.67. The highest BCUT2D eigenvalue weighted by atomic mass is 16.5. The Morgan fingerprint density at radius 1 is 1.17 bits per heavy atom. The highest BCUT2D eigenvalue weighted by Crippen LogP contribution is 2.28. The van der Waals surface area contributed by atoms with Crippen LogP contribution in [0.15, 0.2) is 42.5 Å². The van der Waals surface area contributed by atoms with Crippen LogP contribution in [0.3, 0.4) is 0 Å². The molecule has 3 rings (SSSR count). The van der Waals surface area contributed by atoms with Crippen LogP contribution < -0.4 is 25.4 Å². The molecule has 1 fully saturated rings. The van der Waals surface area contributed by atoms with Crippen LogP contribution in [0.2, 0.25) is 0 Å². The molecule has 8 nitrogen and oxygen atoms in total. The molecule has 0 radical (unpaired) electrons. The summed E-state index contributed by atoms with van der Waals surface area (Å²) in [5, 5.41) is 2.78. The maximum atomic E-state index is 12.7. The maximum absolute atomic E-state index is 12.7. The first-order chi connectivity index (χ1) is 13.9. The minimum absolute atomic E-state index is 0.143. The molecule has 0 aliphatic carbocycles. The summed E-state index contributed by atoms with van der Waals surface area (Å²) < 4.78 is 10.5. The molecule has 1 aliphatic rings. The molecule has 3 N–H and O–H groups in total. The number of methoxy groups -OCH3 is 1. The van der Waals surface area contributed by atoms with Gasteiger partial charge in [-0.3, -0.25) is 14.4 Å². The van der Waals surface area contributed by atoms with Crippen LogP contribution in [0.5, 0.6) is 11.5 Å².